The number of aliphatic hydroxyl groups is 1. The lowest BCUT2D eigenvalue weighted by molar-refractivity contribution is -0.148. The zero-order valence-electron chi connectivity index (χ0n) is 8.25. The molecule has 2 aliphatic carbocycles. The Labute approximate surface area is 79.3 Å². The Hall–Kier alpha value is -0.370. The van der Waals surface area contributed by atoms with Crippen LogP contribution >= 0.6 is 0 Å². The molecule has 0 aliphatic heterocycles. The summed E-state index contributed by atoms with van der Waals surface area (Å²) in [6.45, 7) is 2.00. The van der Waals surface area contributed by atoms with Crippen molar-refractivity contribution in [1.29, 1.82) is 0 Å². The summed E-state index contributed by atoms with van der Waals surface area (Å²) in [6.07, 6.45) is 5.69. The minimum Gasteiger partial charge on any atom is -0.389 e. The molecule has 0 radical (unpaired) electrons. The first kappa shape index (κ1) is 9.20. The molecule has 3 atom stereocenters. The normalized spacial score (nSPS) is 45.8. The third-order valence-corrected chi connectivity index (χ3v) is 3.84. The molecule has 1 N–H and O–H groups in total. The average Bonchev–Trinajstić information content (AvgIpc) is 2.12. The predicted molar refractivity (Wildman–Crippen MR) is 50.3 cm³/mol. The van der Waals surface area contributed by atoms with Crippen molar-refractivity contribution >= 4 is 5.78 Å². The SMILES string of the molecule is CC1CCC2(O)CCCCC2C1=O. The molecule has 0 aromatic heterocycles. The fourth-order valence-electron chi connectivity index (χ4n) is 2.88. The molecule has 0 aromatic carbocycles. The van der Waals surface area contributed by atoms with Crippen molar-refractivity contribution < 1.29 is 9.90 Å². The summed E-state index contributed by atoms with van der Waals surface area (Å²) in [5.74, 6) is 0.460. The van der Waals surface area contributed by atoms with Crippen molar-refractivity contribution in [2.75, 3.05) is 0 Å². The second-order valence-electron chi connectivity index (χ2n) is 4.74. The van der Waals surface area contributed by atoms with Crippen LogP contribution in [0.5, 0.6) is 0 Å². The van der Waals surface area contributed by atoms with Gasteiger partial charge in [0.2, 0.25) is 0 Å². The molecule has 3 unspecified atom stereocenters. The van der Waals surface area contributed by atoms with E-state index in [-0.39, 0.29) is 11.8 Å². The van der Waals surface area contributed by atoms with Crippen molar-refractivity contribution in [2.24, 2.45) is 11.8 Å². The van der Waals surface area contributed by atoms with Crippen LogP contribution in [-0.4, -0.2) is 16.5 Å². The van der Waals surface area contributed by atoms with Crippen LogP contribution in [0.2, 0.25) is 0 Å². The molecule has 2 nitrogen and oxygen atoms in total. The predicted octanol–water partition coefficient (Wildman–Crippen LogP) is 1.91. The molecule has 13 heavy (non-hydrogen) atoms. The second kappa shape index (κ2) is 3.09. The summed E-state index contributed by atoms with van der Waals surface area (Å²) >= 11 is 0. The summed E-state index contributed by atoms with van der Waals surface area (Å²) < 4.78 is 0. The van der Waals surface area contributed by atoms with E-state index in [1.54, 1.807) is 0 Å². The largest absolute Gasteiger partial charge is 0.389 e. The van der Waals surface area contributed by atoms with Crippen molar-refractivity contribution in [3.05, 3.63) is 0 Å². The maximum atomic E-state index is 11.8. The Balaban J connectivity index is 2.20. The molecule has 2 saturated carbocycles. The highest BCUT2D eigenvalue weighted by Crippen LogP contribution is 2.43. The van der Waals surface area contributed by atoms with E-state index in [0.717, 1.165) is 38.5 Å². The number of hydrogen-bond donors (Lipinski definition) is 1. The van der Waals surface area contributed by atoms with Gasteiger partial charge in [-0.1, -0.05) is 19.8 Å². The van der Waals surface area contributed by atoms with Crippen molar-refractivity contribution in [3.8, 4) is 0 Å². The first-order valence-corrected chi connectivity index (χ1v) is 5.39. The number of Topliss-reactive ketones (excluding diaryl/α,β-unsaturated/α-hetero) is 1. The van der Waals surface area contributed by atoms with Crippen molar-refractivity contribution in [2.45, 2.75) is 51.0 Å². The first-order valence-electron chi connectivity index (χ1n) is 5.39. The number of rotatable bonds is 0. The number of fused-ring (bicyclic) bond motifs is 1. The lowest BCUT2D eigenvalue weighted by atomic mass is 9.64. The molecule has 2 heteroatoms. The number of ketones is 1. The zero-order valence-corrected chi connectivity index (χ0v) is 8.25. The highest BCUT2D eigenvalue weighted by Gasteiger charge is 2.47. The molecule has 0 amide bonds. The van der Waals surface area contributed by atoms with Gasteiger partial charge in [-0.05, 0) is 25.7 Å². The Morgan fingerprint density at radius 2 is 2.08 bits per heavy atom. The van der Waals surface area contributed by atoms with E-state index in [4.69, 9.17) is 0 Å². The molecule has 74 valence electrons. The van der Waals surface area contributed by atoms with Gasteiger partial charge in [-0.3, -0.25) is 4.79 Å². The summed E-state index contributed by atoms with van der Waals surface area (Å²) in [4.78, 5) is 11.8. The van der Waals surface area contributed by atoms with E-state index < -0.39 is 5.60 Å². The Morgan fingerprint density at radius 1 is 1.31 bits per heavy atom. The van der Waals surface area contributed by atoms with Gasteiger partial charge in [0.05, 0.1) is 5.60 Å². The minimum absolute atomic E-state index is 0.0370. The number of carbonyl (C=O) groups excluding carboxylic acids is 1. The third kappa shape index (κ3) is 1.41. The van der Waals surface area contributed by atoms with Crippen LogP contribution in [0.15, 0.2) is 0 Å². The Morgan fingerprint density at radius 3 is 2.85 bits per heavy atom. The van der Waals surface area contributed by atoms with Gasteiger partial charge in [-0.15, -0.1) is 0 Å². The van der Waals surface area contributed by atoms with Gasteiger partial charge in [0, 0.05) is 11.8 Å². The molecule has 0 aromatic rings. The van der Waals surface area contributed by atoms with E-state index in [0.29, 0.717) is 5.78 Å². The standard InChI is InChI=1S/C11H18O2/c1-8-5-7-11(13)6-3-2-4-9(11)10(8)12/h8-9,13H,2-7H2,1H3. The van der Waals surface area contributed by atoms with Gasteiger partial charge in [-0.25, -0.2) is 0 Å². The first-order chi connectivity index (χ1) is 6.13. The monoisotopic (exact) mass is 182 g/mol. The van der Waals surface area contributed by atoms with Crippen LogP contribution in [0.3, 0.4) is 0 Å². The second-order valence-corrected chi connectivity index (χ2v) is 4.74. The van der Waals surface area contributed by atoms with Gasteiger partial charge < -0.3 is 5.11 Å². The smallest absolute Gasteiger partial charge is 0.141 e. The fraction of sp³-hybridized carbons (Fsp3) is 0.909. The quantitative estimate of drug-likeness (QED) is 0.621. The summed E-state index contributed by atoms with van der Waals surface area (Å²) in [5.41, 5.74) is -0.623. The van der Waals surface area contributed by atoms with E-state index >= 15 is 0 Å². The molecular formula is C11H18O2. The molecule has 2 aliphatic rings. The molecular weight excluding hydrogens is 164 g/mol. The van der Waals surface area contributed by atoms with Gasteiger partial charge >= 0.3 is 0 Å². The molecule has 0 heterocycles. The fourth-order valence-corrected chi connectivity index (χ4v) is 2.88. The summed E-state index contributed by atoms with van der Waals surface area (Å²) in [7, 11) is 0. The Bertz CT molecular complexity index is 224. The lowest BCUT2D eigenvalue weighted by Crippen LogP contribution is -2.50. The van der Waals surface area contributed by atoms with E-state index in [1.165, 1.54) is 0 Å². The summed E-state index contributed by atoms with van der Waals surface area (Å²) in [5, 5.41) is 10.3. The average molecular weight is 182 g/mol. The Kier molecular flexibility index (Phi) is 2.18. The maximum Gasteiger partial charge on any atom is 0.141 e. The van der Waals surface area contributed by atoms with E-state index in [2.05, 4.69) is 0 Å². The van der Waals surface area contributed by atoms with Crippen LogP contribution in [0, 0.1) is 11.8 Å². The third-order valence-electron chi connectivity index (χ3n) is 3.84. The minimum atomic E-state index is -0.623. The molecule has 2 fully saturated rings. The zero-order chi connectivity index (χ0) is 9.47. The van der Waals surface area contributed by atoms with Crippen molar-refractivity contribution in [3.63, 3.8) is 0 Å². The van der Waals surface area contributed by atoms with Gasteiger partial charge in [-0.2, -0.15) is 0 Å². The summed E-state index contributed by atoms with van der Waals surface area (Å²) in [6, 6.07) is 0. The van der Waals surface area contributed by atoms with Crippen LogP contribution in [0.4, 0.5) is 0 Å². The lowest BCUT2D eigenvalue weighted by Gasteiger charge is -2.44. The maximum absolute atomic E-state index is 11.8. The van der Waals surface area contributed by atoms with Crippen LogP contribution in [0.25, 0.3) is 0 Å². The van der Waals surface area contributed by atoms with Gasteiger partial charge in [0.25, 0.3) is 0 Å². The molecule has 0 spiro atoms. The van der Waals surface area contributed by atoms with Gasteiger partial charge in [0.1, 0.15) is 5.78 Å². The van der Waals surface area contributed by atoms with Crippen molar-refractivity contribution in [1.82, 2.24) is 0 Å². The van der Waals surface area contributed by atoms with E-state index in [9.17, 15) is 9.90 Å². The van der Waals surface area contributed by atoms with Gasteiger partial charge in [0.15, 0.2) is 0 Å². The van der Waals surface area contributed by atoms with E-state index in [1.807, 2.05) is 6.92 Å². The van der Waals surface area contributed by atoms with Crippen LogP contribution in [-0.2, 0) is 4.79 Å². The molecule has 2 rings (SSSR count). The topological polar surface area (TPSA) is 37.3 Å². The molecule has 0 bridgehead atoms. The number of carbonyl (C=O) groups is 1. The highest BCUT2D eigenvalue weighted by molar-refractivity contribution is 5.85. The number of hydrogen-bond acceptors (Lipinski definition) is 2. The van der Waals surface area contributed by atoms with Crippen LogP contribution < -0.4 is 0 Å². The van der Waals surface area contributed by atoms with Crippen LogP contribution in [0.1, 0.15) is 45.4 Å². The highest BCUT2D eigenvalue weighted by atomic mass is 16.3. The molecule has 0 saturated heterocycles.